The molecule has 6 heteroatoms. The lowest BCUT2D eigenvalue weighted by molar-refractivity contribution is 0.248. The highest BCUT2D eigenvalue weighted by Crippen LogP contribution is 1.77. The van der Waals surface area contributed by atoms with Crippen LogP contribution in [0.3, 0.4) is 0 Å². The largest absolute Gasteiger partial charge is 0.352 e. The SMILES string of the molecule is NC(=O)NCCn1[c]nnc1. The molecule has 0 aliphatic heterocycles. The van der Waals surface area contributed by atoms with Crippen molar-refractivity contribution in [3.05, 3.63) is 12.7 Å². The van der Waals surface area contributed by atoms with Crippen molar-refractivity contribution in [1.82, 2.24) is 20.1 Å². The first-order valence-electron chi connectivity index (χ1n) is 3.08. The number of rotatable bonds is 3. The maximum atomic E-state index is 10.2. The summed E-state index contributed by atoms with van der Waals surface area (Å²) < 4.78 is 1.62. The summed E-state index contributed by atoms with van der Waals surface area (Å²) >= 11 is 0. The minimum atomic E-state index is -0.530. The first kappa shape index (κ1) is 7.52. The Hall–Kier alpha value is -1.59. The van der Waals surface area contributed by atoms with Crippen molar-refractivity contribution in [1.29, 1.82) is 0 Å². The molecule has 0 saturated heterocycles. The van der Waals surface area contributed by atoms with E-state index in [1.807, 2.05) is 0 Å². The van der Waals surface area contributed by atoms with Crippen molar-refractivity contribution in [2.75, 3.05) is 6.54 Å². The van der Waals surface area contributed by atoms with Gasteiger partial charge in [-0.15, -0.1) is 10.2 Å². The molecule has 0 aliphatic rings. The molecule has 0 fully saturated rings. The second-order valence-corrected chi connectivity index (χ2v) is 1.92. The van der Waals surface area contributed by atoms with Crippen molar-refractivity contribution < 1.29 is 4.79 Å². The number of primary amides is 1. The van der Waals surface area contributed by atoms with Crippen molar-refractivity contribution >= 4 is 6.03 Å². The van der Waals surface area contributed by atoms with Crippen LogP contribution in [0, 0.1) is 6.33 Å². The zero-order chi connectivity index (χ0) is 8.10. The van der Waals surface area contributed by atoms with Gasteiger partial charge in [0.2, 0.25) is 6.33 Å². The summed E-state index contributed by atoms with van der Waals surface area (Å²) in [7, 11) is 0. The van der Waals surface area contributed by atoms with Gasteiger partial charge in [0.25, 0.3) is 0 Å². The fourth-order valence-corrected chi connectivity index (χ4v) is 0.605. The van der Waals surface area contributed by atoms with E-state index in [1.54, 1.807) is 4.57 Å². The Morgan fingerprint density at radius 1 is 1.82 bits per heavy atom. The van der Waals surface area contributed by atoms with E-state index < -0.39 is 6.03 Å². The van der Waals surface area contributed by atoms with Crippen molar-refractivity contribution in [2.24, 2.45) is 5.73 Å². The van der Waals surface area contributed by atoms with Gasteiger partial charge in [-0.3, -0.25) is 0 Å². The molecule has 1 heterocycles. The van der Waals surface area contributed by atoms with E-state index in [-0.39, 0.29) is 0 Å². The fourth-order valence-electron chi connectivity index (χ4n) is 0.605. The van der Waals surface area contributed by atoms with Crippen LogP contribution in [0.15, 0.2) is 6.33 Å². The number of carbonyl (C=O) groups excluding carboxylic acids is 1. The van der Waals surface area contributed by atoms with Crippen LogP contribution < -0.4 is 11.1 Å². The van der Waals surface area contributed by atoms with E-state index in [9.17, 15) is 4.79 Å². The monoisotopic (exact) mass is 154 g/mol. The molecular weight excluding hydrogens is 146 g/mol. The van der Waals surface area contributed by atoms with Crippen LogP contribution in [-0.2, 0) is 6.54 Å². The van der Waals surface area contributed by atoms with Crippen LogP contribution in [0.4, 0.5) is 4.79 Å². The number of nitrogens with two attached hydrogens (primary N) is 1. The molecule has 2 amide bonds. The number of hydrogen-bond donors (Lipinski definition) is 2. The molecular formula is C5H8N5O. The van der Waals surface area contributed by atoms with E-state index in [0.717, 1.165) is 0 Å². The van der Waals surface area contributed by atoms with Crippen LogP contribution in [-0.4, -0.2) is 27.3 Å². The number of nitrogens with one attached hydrogen (secondary N) is 1. The number of urea groups is 1. The molecule has 0 atom stereocenters. The summed E-state index contributed by atoms with van der Waals surface area (Å²) in [5.74, 6) is 0. The van der Waals surface area contributed by atoms with Gasteiger partial charge < -0.3 is 15.6 Å². The lowest BCUT2D eigenvalue weighted by Gasteiger charge is -1.99. The Morgan fingerprint density at radius 3 is 3.18 bits per heavy atom. The molecule has 0 aromatic carbocycles. The predicted molar refractivity (Wildman–Crippen MR) is 36.4 cm³/mol. The first-order chi connectivity index (χ1) is 5.29. The Balaban J connectivity index is 2.19. The molecule has 0 spiro atoms. The predicted octanol–water partition coefficient (Wildman–Crippen LogP) is -1.25. The van der Waals surface area contributed by atoms with E-state index in [4.69, 9.17) is 5.73 Å². The van der Waals surface area contributed by atoms with Gasteiger partial charge in [0.05, 0.1) is 0 Å². The van der Waals surface area contributed by atoms with E-state index in [2.05, 4.69) is 21.8 Å². The summed E-state index contributed by atoms with van der Waals surface area (Å²) in [6.45, 7) is 1.04. The lowest BCUT2D eigenvalue weighted by atomic mass is 10.6. The van der Waals surface area contributed by atoms with E-state index >= 15 is 0 Å². The molecule has 11 heavy (non-hydrogen) atoms. The minimum absolute atomic E-state index is 0.462. The van der Waals surface area contributed by atoms with Crippen LogP contribution >= 0.6 is 0 Å². The van der Waals surface area contributed by atoms with Crippen molar-refractivity contribution in [3.8, 4) is 0 Å². The maximum Gasteiger partial charge on any atom is 0.312 e. The van der Waals surface area contributed by atoms with Crippen LogP contribution in [0.5, 0.6) is 0 Å². The van der Waals surface area contributed by atoms with E-state index in [1.165, 1.54) is 6.33 Å². The molecule has 6 nitrogen and oxygen atoms in total. The quantitative estimate of drug-likeness (QED) is 0.570. The highest BCUT2D eigenvalue weighted by atomic mass is 16.2. The third-order valence-electron chi connectivity index (χ3n) is 1.07. The number of hydrogen-bond acceptors (Lipinski definition) is 3. The zero-order valence-corrected chi connectivity index (χ0v) is 5.82. The van der Waals surface area contributed by atoms with Crippen molar-refractivity contribution in [3.63, 3.8) is 0 Å². The van der Waals surface area contributed by atoms with Gasteiger partial charge in [-0.1, -0.05) is 0 Å². The van der Waals surface area contributed by atoms with Crippen molar-refractivity contribution in [2.45, 2.75) is 6.54 Å². The molecule has 1 aromatic rings. The van der Waals surface area contributed by atoms with Gasteiger partial charge in [-0.2, -0.15) is 0 Å². The molecule has 0 aliphatic carbocycles. The lowest BCUT2D eigenvalue weighted by Crippen LogP contribution is -2.31. The molecule has 3 N–H and O–H groups in total. The molecule has 0 unspecified atom stereocenters. The molecule has 0 saturated carbocycles. The molecule has 1 aromatic heterocycles. The highest BCUT2D eigenvalue weighted by Gasteiger charge is 1.92. The van der Waals surface area contributed by atoms with Gasteiger partial charge in [-0.05, 0) is 0 Å². The molecule has 1 radical (unpaired) electrons. The number of nitrogens with zero attached hydrogens (tertiary/aromatic N) is 3. The van der Waals surface area contributed by atoms with Crippen LogP contribution in [0.25, 0.3) is 0 Å². The van der Waals surface area contributed by atoms with Gasteiger partial charge in [-0.25, -0.2) is 4.79 Å². The second-order valence-electron chi connectivity index (χ2n) is 1.92. The third-order valence-corrected chi connectivity index (χ3v) is 1.07. The molecule has 0 bridgehead atoms. The third kappa shape index (κ3) is 2.65. The average molecular weight is 154 g/mol. The standard InChI is InChI=1S/C5H8N5O/c6-5(11)7-1-2-10-3-8-9-4-10/h3H,1-2H2,(H3,6,7,11). The van der Waals surface area contributed by atoms with Gasteiger partial charge in [0, 0.05) is 13.1 Å². The number of carbonyl (C=O) groups is 1. The van der Waals surface area contributed by atoms with Crippen LogP contribution in [0.2, 0.25) is 0 Å². The summed E-state index contributed by atoms with van der Waals surface area (Å²) in [6, 6.07) is -0.530. The summed E-state index contributed by atoms with van der Waals surface area (Å²) in [5.41, 5.74) is 4.83. The van der Waals surface area contributed by atoms with Gasteiger partial charge >= 0.3 is 6.03 Å². The smallest absolute Gasteiger partial charge is 0.312 e. The Morgan fingerprint density at radius 2 is 2.64 bits per heavy atom. The zero-order valence-electron chi connectivity index (χ0n) is 5.82. The summed E-state index contributed by atoms with van der Waals surface area (Å²) in [5, 5.41) is 9.42. The van der Waals surface area contributed by atoms with E-state index in [0.29, 0.717) is 13.1 Å². The second kappa shape index (κ2) is 3.55. The van der Waals surface area contributed by atoms with Gasteiger partial charge in [0.1, 0.15) is 6.33 Å². The summed E-state index contributed by atoms with van der Waals surface area (Å²) in [6.07, 6.45) is 4.09. The number of amides is 2. The summed E-state index contributed by atoms with van der Waals surface area (Å²) in [4.78, 5) is 10.2. The van der Waals surface area contributed by atoms with Crippen LogP contribution in [0.1, 0.15) is 0 Å². The Bertz CT molecular complexity index is 219. The first-order valence-corrected chi connectivity index (χ1v) is 3.08. The fraction of sp³-hybridized carbons (Fsp3) is 0.400. The molecule has 1 rings (SSSR count). The maximum absolute atomic E-state index is 10.2. The minimum Gasteiger partial charge on any atom is -0.352 e. The van der Waals surface area contributed by atoms with Gasteiger partial charge in [0.15, 0.2) is 0 Å². The Labute approximate surface area is 63.4 Å². The Kier molecular flexibility index (Phi) is 2.42. The molecule has 59 valence electrons. The normalized spacial score (nSPS) is 9.45. The average Bonchev–Trinajstić information content (AvgIpc) is 2.39. The highest BCUT2D eigenvalue weighted by molar-refractivity contribution is 5.71. The number of aromatic nitrogens is 3. The topological polar surface area (TPSA) is 85.8 Å².